The molecule has 0 fully saturated rings. The maximum Gasteiger partial charge on any atom is 0.261 e. The first kappa shape index (κ1) is 19.2. The minimum Gasteiger partial charge on any atom is -0.445 e. The highest BCUT2D eigenvalue weighted by Crippen LogP contribution is 2.36. The average Bonchev–Trinajstić information content (AvgIpc) is 3.38. The first-order valence-electron chi connectivity index (χ1n) is 9.34. The van der Waals surface area contributed by atoms with Gasteiger partial charge in [0.2, 0.25) is 11.8 Å². The van der Waals surface area contributed by atoms with Crippen molar-refractivity contribution >= 4 is 15.9 Å². The number of sulfonamides is 1. The molecule has 0 saturated carbocycles. The van der Waals surface area contributed by atoms with E-state index in [0.717, 1.165) is 16.7 Å². The van der Waals surface area contributed by atoms with Crippen LogP contribution in [0.4, 0.5) is 5.88 Å². The van der Waals surface area contributed by atoms with E-state index in [1.807, 2.05) is 37.3 Å². The lowest BCUT2D eigenvalue weighted by Crippen LogP contribution is -2.21. The van der Waals surface area contributed by atoms with E-state index < -0.39 is 10.0 Å². The minimum atomic E-state index is -3.81. The summed E-state index contributed by atoms with van der Waals surface area (Å²) in [6, 6.07) is 7.57. The number of oxazole rings is 1. The van der Waals surface area contributed by atoms with E-state index in [-0.39, 0.29) is 11.8 Å². The molecule has 1 N–H and O–H groups in total. The van der Waals surface area contributed by atoms with E-state index in [1.165, 1.54) is 6.26 Å². The average molecular weight is 411 g/mol. The summed E-state index contributed by atoms with van der Waals surface area (Å²) >= 11 is 0. The SMILES string of the molecule is CCc1c(C)noc1NS(=O)(=O)C1=CC=CCC1c1ccc(-c2ncco2)cc1. The van der Waals surface area contributed by atoms with Crippen molar-refractivity contribution in [1.29, 1.82) is 0 Å². The summed E-state index contributed by atoms with van der Waals surface area (Å²) in [5, 5.41) is 3.88. The molecule has 7 nitrogen and oxygen atoms in total. The van der Waals surface area contributed by atoms with Gasteiger partial charge in [-0.15, -0.1) is 0 Å². The standard InChI is InChI=1S/C21H21N3O4S/c1-3-17-14(2)23-28-21(17)24-29(25,26)19-7-5-4-6-18(19)15-8-10-16(11-9-15)20-22-12-13-27-20/h4-5,7-13,18,24H,3,6H2,1-2H3. The lowest BCUT2D eigenvalue weighted by atomic mass is 9.91. The van der Waals surface area contributed by atoms with Crippen LogP contribution in [0, 0.1) is 6.92 Å². The molecule has 1 atom stereocenters. The van der Waals surface area contributed by atoms with Crippen LogP contribution in [0.1, 0.15) is 36.1 Å². The van der Waals surface area contributed by atoms with E-state index >= 15 is 0 Å². The third-order valence-corrected chi connectivity index (χ3v) is 6.48. The van der Waals surface area contributed by atoms with Gasteiger partial charge in [-0.2, -0.15) is 0 Å². The van der Waals surface area contributed by atoms with Gasteiger partial charge in [-0.05, 0) is 43.5 Å². The molecule has 0 spiro atoms. The Hall–Kier alpha value is -3.13. The summed E-state index contributed by atoms with van der Waals surface area (Å²) in [7, 11) is -3.81. The molecule has 1 aliphatic carbocycles. The second-order valence-electron chi connectivity index (χ2n) is 6.78. The highest BCUT2D eigenvalue weighted by atomic mass is 32.2. The molecule has 150 valence electrons. The third kappa shape index (κ3) is 3.75. The molecule has 2 heterocycles. The topological polar surface area (TPSA) is 98.2 Å². The van der Waals surface area contributed by atoms with Crippen LogP contribution in [0.15, 0.2) is 68.8 Å². The molecule has 0 aliphatic heterocycles. The lowest BCUT2D eigenvalue weighted by molar-refractivity contribution is 0.430. The fraction of sp³-hybridized carbons (Fsp3) is 0.238. The maximum absolute atomic E-state index is 13.1. The van der Waals surface area contributed by atoms with Crippen molar-refractivity contribution in [2.45, 2.75) is 32.6 Å². The van der Waals surface area contributed by atoms with E-state index in [2.05, 4.69) is 14.9 Å². The summed E-state index contributed by atoms with van der Waals surface area (Å²) in [4.78, 5) is 4.43. The molecule has 29 heavy (non-hydrogen) atoms. The Morgan fingerprint density at radius 3 is 2.72 bits per heavy atom. The van der Waals surface area contributed by atoms with Crippen LogP contribution in [0.3, 0.4) is 0 Å². The maximum atomic E-state index is 13.1. The number of aromatic nitrogens is 2. The number of benzene rings is 1. The van der Waals surface area contributed by atoms with Gasteiger partial charge < -0.3 is 8.94 Å². The number of allylic oxidation sites excluding steroid dienone is 4. The van der Waals surface area contributed by atoms with Crippen LogP contribution in [-0.4, -0.2) is 18.6 Å². The van der Waals surface area contributed by atoms with Gasteiger partial charge in [0, 0.05) is 17.0 Å². The van der Waals surface area contributed by atoms with Crippen LogP contribution in [0.5, 0.6) is 0 Å². The highest BCUT2D eigenvalue weighted by molar-refractivity contribution is 7.96. The van der Waals surface area contributed by atoms with Crippen molar-refractivity contribution in [2.24, 2.45) is 0 Å². The molecule has 2 aromatic heterocycles. The predicted octanol–water partition coefficient (Wildman–Crippen LogP) is 4.57. The number of nitrogens with one attached hydrogen (secondary N) is 1. The largest absolute Gasteiger partial charge is 0.445 e. The van der Waals surface area contributed by atoms with E-state index in [9.17, 15) is 8.42 Å². The fourth-order valence-corrected chi connectivity index (χ4v) is 4.86. The van der Waals surface area contributed by atoms with Gasteiger partial charge in [0.05, 0.1) is 16.8 Å². The van der Waals surface area contributed by atoms with E-state index in [1.54, 1.807) is 25.3 Å². The van der Waals surface area contributed by atoms with Crippen LogP contribution < -0.4 is 4.72 Å². The number of rotatable bonds is 6. The Morgan fingerprint density at radius 1 is 1.24 bits per heavy atom. The molecule has 0 bridgehead atoms. The van der Waals surface area contributed by atoms with Gasteiger partial charge >= 0.3 is 0 Å². The zero-order chi connectivity index (χ0) is 20.4. The Labute approximate surface area is 169 Å². The molecule has 1 unspecified atom stereocenters. The summed E-state index contributed by atoms with van der Waals surface area (Å²) in [6.45, 7) is 3.72. The molecule has 0 saturated heterocycles. The molecule has 0 amide bonds. The molecule has 3 aromatic rings. The van der Waals surface area contributed by atoms with Crippen molar-refractivity contribution in [1.82, 2.24) is 10.1 Å². The highest BCUT2D eigenvalue weighted by Gasteiger charge is 2.30. The van der Waals surface area contributed by atoms with Crippen LogP contribution in [-0.2, 0) is 16.4 Å². The van der Waals surface area contributed by atoms with Gasteiger partial charge in [-0.3, -0.25) is 0 Å². The van der Waals surface area contributed by atoms with Crippen LogP contribution >= 0.6 is 0 Å². The first-order valence-corrected chi connectivity index (χ1v) is 10.8. The zero-order valence-electron chi connectivity index (χ0n) is 16.1. The van der Waals surface area contributed by atoms with Gasteiger partial charge in [0.25, 0.3) is 10.0 Å². The molecular weight excluding hydrogens is 390 g/mol. The Morgan fingerprint density at radius 2 is 2.03 bits per heavy atom. The minimum absolute atomic E-state index is 0.179. The fourth-order valence-electron chi connectivity index (χ4n) is 3.48. The van der Waals surface area contributed by atoms with Crippen molar-refractivity contribution in [3.05, 3.63) is 76.7 Å². The second kappa shape index (κ2) is 7.71. The van der Waals surface area contributed by atoms with E-state index in [4.69, 9.17) is 8.94 Å². The number of anilines is 1. The zero-order valence-corrected chi connectivity index (χ0v) is 16.9. The number of nitrogens with zero attached hydrogens (tertiary/aromatic N) is 2. The van der Waals surface area contributed by atoms with Gasteiger partial charge in [-0.25, -0.2) is 18.1 Å². The molecule has 1 aliphatic rings. The molecular formula is C21H21N3O4S. The third-order valence-electron chi connectivity index (χ3n) is 4.98. The summed E-state index contributed by atoms with van der Waals surface area (Å²) in [5.74, 6) is 0.404. The van der Waals surface area contributed by atoms with Crippen LogP contribution in [0.25, 0.3) is 11.5 Å². The van der Waals surface area contributed by atoms with Crippen LogP contribution in [0.2, 0.25) is 0 Å². The van der Waals surface area contributed by atoms with Crippen molar-refractivity contribution in [2.75, 3.05) is 4.72 Å². The predicted molar refractivity (Wildman–Crippen MR) is 110 cm³/mol. The van der Waals surface area contributed by atoms with Gasteiger partial charge in [0.1, 0.15) is 6.26 Å². The smallest absolute Gasteiger partial charge is 0.261 e. The Balaban J connectivity index is 1.63. The molecule has 8 heteroatoms. The Bertz CT molecular complexity index is 1160. The van der Waals surface area contributed by atoms with Crippen molar-refractivity contribution < 1.29 is 17.4 Å². The number of hydrogen-bond donors (Lipinski definition) is 1. The normalized spacial score (nSPS) is 16.6. The monoisotopic (exact) mass is 411 g/mol. The Kier molecular flexibility index (Phi) is 5.10. The number of aryl methyl sites for hydroxylation is 1. The van der Waals surface area contributed by atoms with E-state index in [0.29, 0.717) is 29.3 Å². The second-order valence-corrected chi connectivity index (χ2v) is 8.46. The summed E-state index contributed by atoms with van der Waals surface area (Å²) < 4.78 is 39.4. The molecule has 4 rings (SSSR count). The molecule has 1 aromatic carbocycles. The number of hydrogen-bond acceptors (Lipinski definition) is 6. The van der Waals surface area contributed by atoms with Gasteiger partial charge in [-0.1, -0.05) is 36.4 Å². The summed E-state index contributed by atoms with van der Waals surface area (Å²) in [6.07, 6.45) is 9.67. The first-order chi connectivity index (χ1) is 14.0. The van der Waals surface area contributed by atoms with Crippen molar-refractivity contribution in [3.8, 4) is 11.5 Å². The lowest BCUT2D eigenvalue weighted by Gasteiger charge is -2.22. The molecule has 0 radical (unpaired) electrons. The quantitative estimate of drug-likeness (QED) is 0.638. The van der Waals surface area contributed by atoms with Crippen molar-refractivity contribution in [3.63, 3.8) is 0 Å². The van der Waals surface area contributed by atoms with Gasteiger partial charge in [0.15, 0.2) is 0 Å². The summed E-state index contributed by atoms with van der Waals surface area (Å²) in [5.41, 5.74) is 3.17.